The standard InChI is InChI=1S/C11H12N2O/c1-8(2)9-3-5-10(6-4-9)11-13-12-7-14-11/h3-8H,1-2H3. The lowest BCUT2D eigenvalue weighted by Crippen LogP contribution is -1.86. The molecule has 72 valence electrons. The lowest BCUT2D eigenvalue weighted by molar-refractivity contribution is 0.568. The summed E-state index contributed by atoms with van der Waals surface area (Å²) in [5.41, 5.74) is 2.28. The molecule has 0 radical (unpaired) electrons. The zero-order valence-corrected chi connectivity index (χ0v) is 8.27. The van der Waals surface area contributed by atoms with Crippen molar-refractivity contribution in [3.63, 3.8) is 0 Å². The zero-order chi connectivity index (χ0) is 9.97. The molecule has 3 heteroatoms. The highest BCUT2D eigenvalue weighted by Crippen LogP contribution is 2.20. The van der Waals surface area contributed by atoms with E-state index in [4.69, 9.17) is 4.42 Å². The molecule has 0 fully saturated rings. The molecule has 0 saturated heterocycles. The summed E-state index contributed by atoms with van der Waals surface area (Å²) in [7, 11) is 0. The fourth-order valence-corrected chi connectivity index (χ4v) is 1.31. The first-order chi connectivity index (χ1) is 6.77. The maximum absolute atomic E-state index is 5.10. The smallest absolute Gasteiger partial charge is 0.247 e. The summed E-state index contributed by atoms with van der Waals surface area (Å²) in [5.74, 6) is 1.12. The van der Waals surface area contributed by atoms with E-state index in [1.807, 2.05) is 12.1 Å². The summed E-state index contributed by atoms with van der Waals surface area (Å²) in [6.45, 7) is 4.34. The van der Waals surface area contributed by atoms with Gasteiger partial charge in [0.05, 0.1) is 0 Å². The van der Waals surface area contributed by atoms with Gasteiger partial charge >= 0.3 is 0 Å². The molecular formula is C11H12N2O. The Morgan fingerprint density at radius 1 is 1.14 bits per heavy atom. The Hall–Kier alpha value is -1.64. The third-order valence-electron chi connectivity index (χ3n) is 2.18. The van der Waals surface area contributed by atoms with Crippen LogP contribution >= 0.6 is 0 Å². The van der Waals surface area contributed by atoms with E-state index in [1.54, 1.807) is 0 Å². The molecule has 2 rings (SSSR count). The average Bonchev–Trinajstić information content (AvgIpc) is 2.71. The molecule has 3 nitrogen and oxygen atoms in total. The number of benzene rings is 1. The lowest BCUT2D eigenvalue weighted by Gasteiger charge is -2.04. The van der Waals surface area contributed by atoms with Crippen LogP contribution in [-0.2, 0) is 0 Å². The summed E-state index contributed by atoms with van der Waals surface area (Å²) < 4.78 is 5.10. The van der Waals surface area contributed by atoms with E-state index in [1.165, 1.54) is 12.0 Å². The Bertz CT molecular complexity index is 390. The van der Waals surface area contributed by atoms with E-state index in [-0.39, 0.29) is 0 Å². The molecule has 1 aromatic heterocycles. The van der Waals surface area contributed by atoms with Gasteiger partial charge in [0.15, 0.2) is 0 Å². The lowest BCUT2D eigenvalue weighted by atomic mass is 10.0. The van der Waals surface area contributed by atoms with Gasteiger partial charge in [0.25, 0.3) is 0 Å². The minimum absolute atomic E-state index is 0.548. The monoisotopic (exact) mass is 188 g/mol. The molecule has 1 heterocycles. The maximum Gasteiger partial charge on any atom is 0.247 e. The van der Waals surface area contributed by atoms with Gasteiger partial charge in [0, 0.05) is 5.56 Å². The molecule has 0 bridgehead atoms. The van der Waals surface area contributed by atoms with Crippen molar-refractivity contribution >= 4 is 0 Å². The van der Waals surface area contributed by atoms with Gasteiger partial charge in [-0.1, -0.05) is 26.0 Å². The summed E-state index contributed by atoms with van der Waals surface area (Å²) in [6.07, 6.45) is 1.34. The van der Waals surface area contributed by atoms with Crippen LogP contribution in [0, 0.1) is 0 Å². The normalized spacial score (nSPS) is 10.8. The summed E-state index contributed by atoms with van der Waals surface area (Å²) >= 11 is 0. The predicted molar refractivity (Wildman–Crippen MR) is 53.8 cm³/mol. The highest BCUT2D eigenvalue weighted by molar-refractivity contribution is 5.52. The highest BCUT2D eigenvalue weighted by Gasteiger charge is 2.03. The zero-order valence-electron chi connectivity index (χ0n) is 8.27. The van der Waals surface area contributed by atoms with Crippen LogP contribution in [0.4, 0.5) is 0 Å². The highest BCUT2D eigenvalue weighted by atomic mass is 16.4. The van der Waals surface area contributed by atoms with Crippen molar-refractivity contribution in [1.29, 1.82) is 0 Å². The van der Waals surface area contributed by atoms with Crippen LogP contribution in [-0.4, -0.2) is 10.2 Å². The van der Waals surface area contributed by atoms with Crippen molar-refractivity contribution in [2.75, 3.05) is 0 Å². The minimum atomic E-state index is 0.548. The minimum Gasteiger partial charge on any atom is -0.423 e. The Kier molecular flexibility index (Phi) is 2.31. The molecule has 0 N–H and O–H groups in total. The van der Waals surface area contributed by atoms with Crippen LogP contribution in [0.25, 0.3) is 11.5 Å². The maximum atomic E-state index is 5.10. The van der Waals surface area contributed by atoms with Crippen molar-refractivity contribution < 1.29 is 4.42 Å². The van der Waals surface area contributed by atoms with Crippen LogP contribution in [0.2, 0.25) is 0 Å². The van der Waals surface area contributed by atoms with Crippen molar-refractivity contribution in [1.82, 2.24) is 10.2 Å². The van der Waals surface area contributed by atoms with E-state index < -0.39 is 0 Å². The van der Waals surface area contributed by atoms with Crippen LogP contribution in [0.5, 0.6) is 0 Å². The van der Waals surface area contributed by atoms with Gasteiger partial charge in [0.2, 0.25) is 12.3 Å². The molecular weight excluding hydrogens is 176 g/mol. The number of nitrogens with zero attached hydrogens (tertiary/aromatic N) is 2. The first-order valence-corrected chi connectivity index (χ1v) is 4.64. The van der Waals surface area contributed by atoms with E-state index >= 15 is 0 Å². The van der Waals surface area contributed by atoms with Gasteiger partial charge in [0.1, 0.15) is 0 Å². The van der Waals surface area contributed by atoms with Gasteiger partial charge < -0.3 is 4.42 Å². The molecule has 0 aliphatic rings. The first-order valence-electron chi connectivity index (χ1n) is 4.64. The van der Waals surface area contributed by atoms with Crippen molar-refractivity contribution in [3.05, 3.63) is 36.2 Å². The van der Waals surface area contributed by atoms with Crippen molar-refractivity contribution in [2.24, 2.45) is 0 Å². The average molecular weight is 188 g/mol. The Morgan fingerprint density at radius 3 is 2.36 bits per heavy atom. The first kappa shape index (κ1) is 8.94. The second-order valence-electron chi connectivity index (χ2n) is 3.52. The van der Waals surface area contributed by atoms with E-state index in [0.29, 0.717) is 11.8 Å². The van der Waals surface area contributed by atoms with Crippen molar-refractivity contribution in [2.45, 2.75) is 19.8 Å². The quantitative estimate of drug-likeness (QED) is 0.727. The number of rotatable bonds is 2. The van der Waals surface area contributed by atoms with Gasteiger partial charge in [-0.25, -0.2) is 0 Å². The molecule has 1 aromatic carbocycles. The van der Waals surface area contributed by atoms with Crippen molar-refractivity contribution in [3.8, 4) is 11.5 Å². The molecule has 0 amide bonds. The second-order valence-corrected chi connectivity index (χ2v) is 3.52. The predicted octanol–water partition coefficient (Wildman–Crippen LogP) is 2.86. The fraction of sp³-hybridized carbons (Fsp3) is 0.273. The second kappa shape index (κ2) is 3.62. The molecule has 0 aliphatic carbocycles. The Balaban J connectivity index is 2.31. The number of hydrogen-bond donors (Lipinski definition) is 0. The van der Waals surface area contributed by atoms with Gasteiger partial charge in [-0.3, -0.25) is 0 Å². The fourth-order valence-electron chi connectivity index (χ4n) is 1.31. The largest absolute Gasteiger partial charge is 0.423 e. The molecule has 0 unspecified atom stereocenters. The molecule has 0 atom stereocenters. The van der Waals surface area contributed by atoms with Crippen LogP contribution in [0.1, 0.15) is 25.3 Å². The summed E-state index contributed by atoms with van der Waals surface area (Å²) in [5, 5.41) is 7.48. The summed E-state index contributed by atoms with van der Waals surface area (Å²) in [6, 6.07) is 8.18. The molecule has 0 spiro atoms. The molecule has 0 saturated carbocycles. The Labute approximate surface area is 82.8 Å². The third-order valence-corrected chi connectivity index (χ3v) is 2.18. The molecule has 2 aromatic rings. The SMILES string of the molecule is CC(C)c1ccc(-c2nnco2)cc1. The molecule has 0 aliphatic heterocycles. The van der Waals surface area contributed by atoms with E-state index in [9.17, 15) is 0 Å². The number of hydrogen-bond acceptors (Lipinski definition) is 3. The molecule has 14 heavy (non-hydrogen) atoms. The van der Waals surface area contributed by atoms with Gasteiger partial charge in [-0.2, -0.15) is 0 Å². The Morgan fingerprint density at radius 2 is 1.86 bits per heavy atom. The van der Waals surface area contributed by atoms with Crippen LogP contribution in [0.15, 0.2) is 35.1 Å². The van der Waals surface area contributed by atoms with E-state index in [2.05, 4.69) is 36.2 Å². The van der Waals surface area contributed by atoms with Gasteiger partial charge in [-0.05, 0) is 23.6 Å². The summed E-state index contributed by atoms with van der Waals surface area (Å²) in [4.78, 5) is 0. The van der Waals surface area contributed by atoms with Crippen LogP contribution in [0.3, 0.4) is 0 Å². The topological polar surface area (TPSA) is 38.9 Å². The number of aromatic nitrogens is 2. The van der Waals surface area contributed by atoms with E-state index in [0.717, 1.165) is 5.56 Å². The van der Waals surface area contributed by atoms with Gasteiger partial charge in [-0.15, -0.1) is 10.2 Å². The van der Waals surface area contributed by atoms with Crippen LogP contribution < -0.4 is 0 Å². The third kappa shape index (κ3) is 1.66.